The highest BCUT2D eigenvalue weighted by atomic mass is 35.5. The maximum atomic E-state index is 3.55. The Kier molecular flexibility index (Phi) is 4.85. The third-order valence-corrected chi connectivity index (χ3v) is 2.96. The summed E-state index contributed by atoms with van der Waals surface area (Å²) in [7, 11) is 4.38. The molecule has 12 heavy (non-hydrogen) atoms. The topological polar surface area (TPSA) is 15.3 Å². The minimum atomic E-state index is 0. The summed E-state index contributed by atoms with van der Waals surface area (Å²) in [4.78, 5) is 2.36. The Labute approximate surface area is 86.9 Å². The van der Waals surface area contributed by atoms with E-state index >= 15 is 0 Å². The second-order valence-electron chi connectivity index (χ2n) is 3.88. The number of fused-ring (bicyclic) bond motifs is 2. The number of halogens is 2. The zero-order valence-electron chi connectivity index (χ0n) is 7.62. The number of nitrogens with one attached hydrogen (secondary N) is 1. The van der Waals surface area contributed by atoms with E-state index in [1.165, 1.54) is 19.4 Å². The van der Waals surface area contributed by atoms with Gasteiger partial charge in [-0.3, -0.25) is 0 Å². The third kappa shape index (κ3) is 2.05. The predicted molar refractivity (Wildman–Crippen MR) is 56.5 cm³/mol. The van der Waals surface area contributed by atoms with Crippen molar-refractivity contribution < 1.29 is 0 Å². The molecule has 0 unspecified atom stereocenters. The molecule has 0 aromatic carbocycles. The van der Waals surface area contributed by atoms with Crippen LogP contribution in [0.3, 0.4) is 0 Å². The van der Waals surface area contributed by atoms with Crippen LogP contribution in [0.5, 0.6) is 0 Å². The van der Waals surface area contributed by atoms with Gasteiger partial charge in [0.25, 0.3) is 0 Å². The molecular weight excluding hydrogens is 195 g/mol. The molecule has 1 aliphatic carbocycles. The molecule has 1 N–H and O–H groups in total. The Hall–Kier alpha value is 0.500. The van der Waals surface area contributed by atoms with Crippen LogP contribution in [0.15, 0.2) is 0 Å². The number of hydrogen-bond donors (Lipinski definition) is 1. The highest BCUT2D eigenvalue weighted by Gasteiger charge is 2.39. The highest BCUT2D eigenvalue weighted by Crippen LogP contribution is 2.33. The molecule has 4 heteroatoms. The number of piperidine rings is 1. The molecule has 0 amide bonds. The summed E-state index contributed by atoms with van der Waals surface area (Å²) in [5.41, 5.74) is 0. The van der Waals surface area contributed by atoms with Crippen molar-refractivity contribution in [1.29, 1.82) is 0 Å². The molecule has 0 radical (unpaired) electrons. The lowest BCUT2D eigenvalue weighted by Gasteiger charge is -2.28. The predicted octanol–water partition coefficient (Wildman–Crippen LogP) is 1.14. The van der Waals surface area contributed by atoms with Crippen molar-refractivity contribution in [3.05, 3.63) is 0 Å². The van der Waals surface area contributed by atoms with Crippen molar-refractivity contribution in [2.45, 2.75) is 24.9 Å². The lowest BCUT2D eigenvalue weighted by molar-refractivity contribution is 0.233. The van der Waals surface area contributed by atoms with Crippen LogP contribution in [0.4, 0.5) is 0 Å². The average Bonchev–Trinajstić information content (AvgIpc) is 2.44. The van der Waals surface area contributed by atoms with E-state index in [2.05, 4.69) is 24.3 Å². The molecule has 2 bridgehead atoms. The van der Waals surface area contributed by atoms with E-state index in [0.29, 0.717) is 0 Å². The standard InChI is InChI=1S/C8H16N2.2ClH/c1-10(2)8-4-6-3-7(8)9-5-6;;/h6-9H,3-5H2,1-2H3;2*1H/t6-,7+,8-;;/m1../s1. The van der Waals surface area contributed by atoms with E-state index in [-0.39, 0.29) is 24.8 Å². The van der Waals surface area contributed by atoms with Gasteiger partial charge in [-0.15, -0.1) is 24.8 Å². The highest BCUT2D eigenvalue weighted by molar-refractivity contribution is 5.85. The van der Waals surface area contributed by atoms with Gasteiger partial charge in [0, 0.05) is 12.1 Å². The van der Waals surface area contributed by atoms with Crippen LogP contribution in [0.1, 0.15) is 12.8 Å². The molecule has 2 nitrogen and oxygen atoms in total. The summed E-state index contributed by atoms with van der Waals surface area (Å²) in [5.74, 6) is 0.984. The maximum Gasteiger partial charge on any atom is 0.0246 e. The van der Waals surface area contributed by atoms with Gasteiger partial charge in [0.15, 0.2) is 0 Å². The van der Waals surface area contributed by atoms with Gasteiger partial charge in [-0.25, -0.2) is 0 Å². The fraction of sp³-hybridized carbons (Fsp3) is 1.00. The summed E-state index contributed by atoms with van der Waals surface area (Å²) in [6, 6.07) is 1.62. The Balaban J connectivity index is 0.000000605. The lowest BCUT2D eigenvalue weighted by Crippen LogP contribution is -2.44. The average molecular weight is 213 g/mol. The van der Waals surface area contributed by atoms with Gasteiger partial charge in [-0.2, -0.15) is 0 Å². The summed E-state index contributed by atoms with van der Waals surface area (Å²) >= 11 is 0. The monoisotopic (exact) mass is 212 g/mol. The van der Waals surface area contributed by atoms with Crippen LogP contribution in [0.2, 0.25) is 0 Å². The van der Waals surface area contributed by atoms with Crippen LogP contribution in [0, 0.1) is 5.92 Å². The van der Waals surface area contributed by atoms with Crippen LogP contribution < -0.4 is 5.32 Å². The molecule has 3 atom stereocenters. The molecule has 2 aliphatic rings. The zero-order chi connectivity index (χ0) is 7.14. The van der Waals surface area contributed by atoms with Crippen molar-refractivity contribution in [3.63, 3.8) is 0 Å². The quantitative estimate of drug-likeness (QED) is 0.702. The van der Waals surface area contributed by atoms with Gasteiger partial charge in [-0.1, -0.05) is 0 Å². The molecule has 0 spiro atoms. The van der Waals surface area contributed by atoms with Crippen LogP contribution in [-0.2, 0) is 0 Å². The first-order valence-electron chi connectivity index (χ1n) is 4.17. The van der Waals surface area contributed by atoms with E-state index in [0.717, 1.165) is 18.0 Å². The summed E-state index contributed by atoms with van der Waals surface area (Å²) in [5, 5.41) is 3.55. The van der Waals surface area contributed by atoms with Gasteiger partial charge >= 0.3 is 0 Å². The Morgan fingerprint density at radius 3 is 2.08 bits per heavy atom. The van der Waals surface area contributed by atoms with E-state index in [9.17, 15) is 0 Å². The van der Waals surface area contributed by atoms with Gasteiger partial charge in [0.1, 0.15) is 0 Å². The van der Waals surface area contributed by atoms with Crippen molar-refractivity contribution in [2.24, 2.45) is 5.92 Å². The van der Waals surface area contributed by atoms with Gasteiger partial charge in [0.2, 0.25) is 0 Å². The Bertz CT molecular complexity index is 141. The third-order valence-electron chi connectivity index (χ3n) is 2.96. The molecule has 2 fully saturated rings. The molecule has 74 valence electrons. The Morgan fingerprint density at radius 2 is 1.83 bits per heavy atom. The second-order valence-corrected chi connectivity index (χ2v) is 3.88. The molecule has 1 heterocycles. The van der Waals surface area contributed by atoms with Crippen molar-refractivity contribution in [1.82, 2.24) is 10.2 Å². The molecule has 2 rings (SSSR count). The van der Waals surface area contributed by atoms with Gasteiger partial charge in [0.05, 0.1) is 0 Å². The molecule has 0 aromatic rings. The van der Waals surface area contributed by atoms with E-state index in [1.54, 1.807) is 0 Å². The Morgan fingerprint density at radius 1 is 1.17 bits per heavy atom. The fourth-order valence-corrected chi connectivity index (χ4v) is 2.39. The molecule has 1 saturated heterocycles. The number of nitrogens with zero attached hydrogens (tertiary/aromatic N) is 1. The first-order chi connectivity index (χ1) is 4.77. The van der Waals surface area contributed by atoms with Crippen LogP contribution in [-0.4, -0.2) is 37.6 Å². The van der Waals surface area contributed by atoms with Gasteiger partial charge < -0.3 is 10.2 Å². The van der Waals surface area contributed by atoms with Crippen molar-refractivity contribution >= 4 is 24.8 Å². The number of likely N-dealkylation sites (N-methyl/N-ethyl adjacent to an activating group) is 1. The minimum absolute atomic E-state index is 0. The number of rotatable bonds is 1. The summed E-state index contributed by atoms with van der Waals surface area (Å²) in [6.07, 6.45) is 2.84. The first-order valence-corrected chi connectivity index (χ1v) is 4.17. The van der Waals surface area contributed by atoms with Gasteiger partial charge in [-0.05, 0) is 39.4 Å². The first kappa shape index (κ1) is 12.5. The fourth-order valence-electron chi connectivity index (χ4n) is 2.39. The maximum absolute atomic E-state index is 3.55. The van der Waals surface area contributed by atoms with Crippen molar-refractivity contribution in [2.75, 3.05) is 20.6 Å². The second kappa shape index (κ2) is 4.66. The molecule has 1 aliphatic heterocycles. The smallest absolute Gasteiger partial charge is 0.0246 e. The van der Waals surface area contributed by atoms with Crippen molar-refractivity contribution in [3.8, 4) is 0 Å². The minimum Gasteiger partial charge on any atom is -0.312 e. The van der Waals surface area contributed by atoms with E-state index in [4.69, 9.17) is 0 Å². The zero-order valence-corrected chi connectivity index (χ0v) is 9.25. The SMILES string of the molecule is CN(C)[C@@H]1C[C@@H]2CN[C@H]1C2.Cl.Cl. The largest absolute Gasteiger partial charge is 0.312 e. The molecular formula is C8H18Cl2N2. The van der Waals surface area contributed by atoms with Crippen LogP contribution >= 0.6 is 24.8 Å². The van der Waals surface area contributed by atoms with E-state index < -0.39 is 0 Å². The molecule has 0 aromatic heterocycles. The number of hydrogen-bond acceptors (Lipinski definition) is 2. The normalized spacial score (nSPS) is 37.8. The lowest BCUT2D eigenvalue weighted by atomic mass is 10.1. The van der Waals surface area contributed by atoms with E-state index in [1.807, 2.05) is 0 Å². The molecule has 1 saturated carbocycles. The summed E-state index contributed by atoms with van der Waals surface area (Å²) < 4.78 is 0. The van der Waals surface area contributed by atoms with Crippen LogP contribution in [0.25, 0.3) is 0 Å². The summed E-state index contributed by atoms with van der Waals surface area (Å²) in [6.45, 7) is 1.27.